The lowest BCUT2D eigenvalue weighted by molar-refractivity contribution is -0.137. The molecule has 0 unspecified atom stereocenters. The van der Waals surface area contributed by atoms with Crippen molar-refractivity contribution in [2.45, 2.75) is 26.7 Å². The van der Waals surface area contributed by atoms with Crippen LogP contribution in [-0.2, 0) is 4.79 Å². The fourth-order valence-corrected chi connectivity index (χ4v) is 0.857. The van der Waals surface area contributed by atoms with Crippen molar-refractivity contribution in [1.29, 1.82) is 0 Å². The summed E-state index contributed by atoms with van der Waals surface area (Å²) in [5.74, 6) is 4.81. The standard InChI is InChI=1S/C10H14O2/c1-4-5-6-9(8(2)3)7-10(11)12/h9H,2,6-7H2,1,3H3,(H,11,12)/t9-/m0/s1. The Morgan fingerprint density at radius 1 is 1.67 bits per heavy atom. The molecule has 0 saturated heterocycles. The lowest BCUT2D eigenvalue weighted by atomic mass is 9.95. The van der Waals surface area contributed by atoms with Crippen molar-refractivity contribution in [2.75, 3.05) is 0 Å². The minimum absolute atomic E-state index is 0.00468. The zero-order valence-electron chi connectivity index (χ0n) is 7.55. The molecule has 0 aliphatic rings. The summed E-state index contributed by atoms with van der Waals surface area (Å²) in [4.78, 5) is 10.4. The number of aliphatic carboxylic acids is 1. The molecule has 0 spiro atoms. The lowest BCUT2D eigenvalue weighted by Gasteiger charge is -2.10. The van der Waals surface area contributed by atoms with E-state index < -0.39 is 5.97 Å². The van der Waals surface area contributed by atoms with Gasteiger partial charge in [-0.2, -0.15) is 0 Å². The van der Waals surface area contributed by atoms with E-state index >= 15 is 0 Å². The average molecular weight is 166 g/mol. The Bertz CT molecular complexity index is 230. The highest BCUT2D eigenvalue weighted by atomic mass is 16.4. The molecule has 0 aliphatic carbocycles. The van der Waals surface area contributed by atoms with Crippen molar-refractivity contribution in [3.8, 4) is 11.8 Å². The normalized spacial score (nSPS) is 11.2. The van der Waals surface area contributed by atoms with Gasteiger partial charge in [0.15, 0.2) is 0 Å². The number of hydrogen-bond acceptors (Lipinski definition) is 1. The van der Waals surface area contributed by atoms with Gasteiger partial charge in [0.2, 0.25) is 0 Å². The van der Waals surface area contributed by atoms with Gasteiger partial charge in [-0.05, 0) is 13.8 Å². The molecule has 0 aromatic carbocycles. The molecule has 0 aromatic rings. The molecule has 1 atom stereocenters. The third-order valence-corrected chi connectivity index (χ3v) is 1.64. The molecule has 0 bridgehead atoms. The minimum Gasteiger partial charge on any atom is -0.481 e. The number of hydrogen-bond donors (Lipinski definition) is 1. The predicted molar refractivity (Wildman–Crippen MR) is 48.6 cm³/mol. The summed E-state index contributed by atoms with van der Waals surface area (Å²) in [6.45, 7) is 7.31. The van der Waals surface area contributed by atoms with E-state index in [4.69, 9.17) is 5.11 Å². The summed E-state index contributed by atoms with van der Waals surface area (Å²) in [6.07, 6.45) is 0.724. The number of carboxylic acids is 1. The highest BCUT2D eigenvalue weighted by Gasteiger charge is 2.11. The summed E-state index contributed by atoms with van der Waals surface area (Å²) in [5, 5.41) is 8.54. The van der Waals surface area contributed by atoms with Gasteiger partial charge in [-0.15, -0.1) is 11.8 Å². The van der Waals surface area contributed by atoms with Gasteiger partial charge in [0, 0.05) is 12.3 Å². The summed E-state index contributed by atoms with van der Waals surface area (Å²) in [5.41, 5.74) is 0.889. The zero-order chi connectivity index (χ0) is 9.56. The molecule has 1 N–H and O–H groups in total. The molecule has 0 fully saturated rings. The van der Waals surface area contributed by atoms with E-state index in [0.29, 0.717) is 6.42 Å². The van der Waals surface area contributed by atoms with Gasteiger partial charge in [-0.25, -0.2) is 0 Å². The van der Waals surface area contributed by atoms with Crippen LogP contribution in [0.15, 0.2) is 12.2 Å². The second kappa shape index (κ2) is 5.42. The Kier molecular flexibility index (Phi) is 4.87. The zero-order valence-corrected chi connectivity index (χ0v) is 7.55. The Balaban J connectivity index is 4.10. The second-order valence-electron chi connectivity index (χ2n) is 2.77. The summed E-state index contributed by atoms with van der Waals surface area (Å²) in [6, 6.07) is 0. The summed E-state index contributed by atoms with van der Waals surface area (Å²) < 4.78 is 0. The van der Waals surface area contributed by atoms with Crippen LogP contribution < -0.4 is 0 Å². The van der Waals surface area contributed by atoms with Crippen molar-refractivity contribution in [2.24, 2.45) is 5.92 Å². The highest BCUT2D eigenvalue weighted by molar-refractivity contribution is 5.67. The Morgan fingerprint density at radius 3 is 2.58 bits per heavy atom. The van der Waals surface area contributed by atoms with E-state index in [1.165, 1.54) is 0 Å². The minimum atomic E-state index is -0.791. The van der Waals surface area contributed by atoms with Crippen LogP contribution in [0, 0.1) is 17.8 Å². The van der Waals surface area contributed by atoms with Crippen molar-refractivity contribution < 1.29 is 9.90 Å². The van der Waals surface area contributed by atoms with Gasteiger partial charge in [-0.1, -0.05) is 12.2 Å². The topological polar surface area (TPSA) is 37.3 Å². The molecule has 2 nitrogen and oxygen atoms in total. The molecule has 0 heterocycles. The molecule has 66 valence electrons. The maximum atomic E-state index is 10.4. The first kappa shape index (κ1) is 10.8. The molecule has 2 heteroatoms. The maximum Gasteiger partial charge on any atom is 0.303 e. The molecule has 0 radical (unpaired) electrons. The smallest absolute Gasteiger partial charge is 0.303 e. The third kappa shape index (κ3) is 4.56. The van der Waals surface area contributed by atoms with Gasteiger partial charge >= 0.3 is 5.97 Å². The molecule has 0 rings (SSSR count). The first-order valence-corrected chi connectivity index (χ1v) is 3.84. The third-order valence-electron chi connectivity index (χ3n) is 1.64. The number of carboxylic acid groups (broad SMARTS) is 1. The van der Waals surface area contributed by atoms with Gasteiger partial charge in [0.05, 0.1) is 6.42 Å². The molecule has 0 saturated carbocycles. The van der Waals surface area contributed by atoms with Gasteiger partial charge in [-0.3, -0.25) is 4.79 Å². The molecular formula is C10H14O2. The van der Waals surface area contributed by atoms with Crippen LogP contribution in [-0.4, -0.2) is 11.1 Å². The largest absolute Gasteiger partial charge is 0.481 e. The summed E-state index contributed by atoms with van der Waals surface area (Å²) >= 11 is 0. The summed E-state index contributed by atoms with van der Waals surface area (Å²) in [7, 11) is 0. The van der Waals surface area contributed by atoms with Crippen LogP contribution in [0.25, 0.3) is 0 Å². The lowest BCUT2D eigenvalue weighted by Crippen LogP contribution is -2.07. The van der Waals surface area contributed by atoms with Crippen LogP contribution in [0.5, 0.6) is 0 Å². The van der Waals surface area contributed by atoms with Crippen LogP contribution in [0.1, 0.15) is 26.7 Å². The van der Waals surface area contributed by atoms with Gasteiger partial charge in [0.25, 0.3) is 0 Å². The molecule has 12 heavy (non-hydrogen) atoms. The van der Waals surface area contributed by atoms with Gasteiger partial charge < -0.3 is 5.11 Å². The molecule has 0 aliphatic heterocycles. The fourth-order valence-electron chi connectivity index (χ4n) is 0.857. The fraction of sp³-hybridized carbons (Fsp3) is 0.500. The monoisotopic (exact) mass is 166 g/mol. The maximum absolute atomic E-state index is 10.4. The highest BCUT2D eigenvalue weighted by Crippen LogP contribution is 2.16. The van der Waals surface area contributed by atoms with E-state index in [0.717, 1.165) is 5.57 Å². The van der Waals surface area contributed by atoms with Crippen LogP contribution >= 0.6 is 0 Å². The van der Waals surface area contributed by atoms with E-state index in [1.807, 2.05) is 6.92 Å². The molecular weight excluding hydrogens is 152 g/mol. The second-order valence-corrected chi connectivity index (χ2v) is 2.77. The van der Waals surface area contributed by atoms with Crippen molar-refractivity contribution in [3.63, 3.8) is 0 Å². The Hall–Kier alpha value is -1.23. The van der Waals surface area contributed by atoms with Crippen molar-refractivity contribution in [3.05, 3.63) is 12.2 Å². The van der Waals surface area contributed by atoms with E-state index in [9.17, 15) is 4.79 Å². The van der Waals surface area contributed by atoms with Crippen LogP contribution in [0.2, 0.25) is 0 Å². The van der Waals surface area contributed by atoms with E-state index in [2.05, 4.69) is 18.4 Å². The van der Waals surface area contributed by atoms with E-state index in [1.54, 1.807) is 6.92 Å². The van der Waals surface area contributed by atoms with Crippen molar-refractivity contribution >= 4 is 5.97 Å². The van der Waals surface area contributed by atoms with Gasteiger partial charge in [0.1, 0.15) is 0 Å². The molecule has 0 amide bonds. The number of carbonyl (C=O) groups is 1. The quantitative estimate of drug-likeness (QED) is 0.512. The Morgan fingerprint density at radius 2 is 2.25 bits per heavy atom. The SMILES string of the molecule is C=C(C)[C@@H](CC#CC)CC(=O)O. The van der Waals surface area contributed by atoms with Crippen LogP contribution in [0.4, 0.5) is 0 Å². The van der Waals surface area contributed by atoms with E-state index in [-0.39, 0.29) is 12.3 Å². The molecule has 0 aromatic heterocycles. The first-order valence-electron chi connectivity index (χ1n) is 3.84. The van der Waals surface area contributed by atoms with Crippen LogP contribution in [0.3, 0.4) is 0 Å². The Labute approximate surface area is 73.3 Å². The predicted octanol–water partition coefficient (Wildman–Crippen LogP) is 2.07. The number of rotatable bonds is 4. The average Bonchev–Trinajstić information content (AvgIpc) is 1.96. The first-order chi connectivity index (χ1) is 5.57. The van der Waals surface area contributed by atoms with Crippen molar-refractivity contribution in [1.82, 2.24) is 0 Å². The number of allylic oxidation sites excluding steroid dienone is 1.